The Bertz CT molecular complexity index is 1070. The molecule has 0 aliphatic rings. The molecule has 0 amide bonds. The first kappa shape index (κ1) is 17.1. The predicted octanol–water partition coefficient (Wildman–Crippen LogP) is 5.84. The van der Waals surface area contributed by atoms with Gasteiger partial charge < -0.3 is 9.67 Å². The number of aliphatic carboxylic acids is 1. The Morgan fingerprint density at radius 1 is 0.778 bits per heavy atom. The standard InChI is InChI=1S/C24H21NO2/c26-24(27)12-7-15-25-22-14-13-20(18-8-3-1-4-9-18)16-21(22)17-23(25)19-10-5-2-6-11-19/h1-6,8-11,13-14,16-17H,7,12,15H2,(H,26,27). The highest BCUT2D eigenvalue weighted by Gasteiger charge is 2.12. The van der Waals surface area contributed by atoms with Crippen molar-refractivity contribution in [1.29, 1.82) is 0 Å². The summed E-state index contributed by atoms with van der Waals surface area (Å²) in [6, 6.07) is 29.3. The number of carboxylic acids is 1. The molecule has 4 rings (SSSR count). The summed E-state index contributed by atoms with van der Waals surface area (Å²) in [5, 5.41) is 10.2. The van der Waals surface area contributed by atoms with Crippen molar-refractivity contribution < 1.29 is 9.90 Å². The van der Waals surface area contributed by atoms with Crippen LogP contribution < -0.4 is 0 Å². The predicted molar refractivity (Wildman–Crippen MR) is 110 cm³/mol. The molecular formula is C24H21NO2. The van der Waals surface area contributed by atoms with E-state index in [4.69, 9.17) is 5.11 Å². The molecule has 0 bridgehead atoms. The van der Waals surface area contributed by atoms with Crippen molar-refractivity contribution in [3.63, 3.8) is 0 Å². The number of aromatic nitrogens is 1. The van der Waals surface area contributed by atoms with Gasteiger partial charge in [-0.3, -0.25) is 4.79 Å². The SMILES string of the molecule is O=C(O)CCCn1c(-c2ccccc2)cc2cc(-c3ccccc3)ccc21. The summed E-state index contributed by atoms with van der Waals surface area (Å²) in [6.07, 6.45) is 0.787. The molecule has 0 saturated heterocycles. The van der Waals surface area contributed by atoms with Gasteiger partial charge in [0.05, 0.1) is 0 Å². The molecule has 0 spiro atoms. The van der Waals surface area contributed by atoms with Crippen molar-refractivity contribution in [2.24, 2.45) is 0 Å². The van der Waals surface area contributed by atoms with E-state index in [-0.39, 0.29) is 6.42 Å². The molecule has 0 aliphatic heterocycles. The van der Waals surface area contributed by atoms with Crippen LogP contribution >= 0.6 is 0 Å². The summed E-state index contributed by atoms with van der Waals surface area (Å²) < 4.78 is 2.24. The molecule has 27 heavy (non-hydrogen) atoms. The highest BCUT2D eigenvalue weighted by atomic mass is 16.4. The van der Waals surface area contributed by atoms with Crippen LogP contribution in [0.4, 0.5) is 0 Å². The highest BCUT2D eigenvalue weighted by molar-refractivity contribution is 5.90. The van der Waals surface area contributed by atoms with Gasteiger partial charge in [-0.2, -0.15) is 0 Å². The van der Waals surface area contributed by atoms with Crippen molar-refractivity contribution >= 4 is 16.9 Å². The number of nitrogens with zero attached hydrogens (tertiary/aromatic N) is 1. The smallest absolute Gasteiger partial charge is 0.303 e. The van der Waals surface area contributed by atoms with Gasteiger partial charge in [0, 0.05) is 29.6 Å². The normalized spacial score (nSPS) is 11.0. The average Bonchev–Trinajstić information content (AvgIpc) is 3.07. The lowest BCUT2D eigenvalue weighted by Gasteiger charge is -2.11. The maximum atomic E-state index is 10.9. The van der Waals surface area contributed by atoms with Gasteiger partial charge in [-0.05, 0) is 41.3 Å². The van der Waals surface area contributed by atoms with Crippen LogP contribution in [0.3, 0.4) is 0 Å². The van der Waals surface area contributed by atoms with Crippen LogP contribution in [-0.4, -0.2) is 15.6 Å². The maximum Gasteiger partial charge on any atom is 0.303 e. The number of benzene rings is 3. The van der Waals surface area contributed by atoms with Crippen LogP contribution in [0.5, 0.6) is 0 Å². The van der Waals surface area contributed by atoms with Gasteiger partial charge in [-0.1, -0.05) is 66.7 Å². The topological polar surface area (TPSA) is 42.2 Å². The zero-order chi connectivity index (χ0) is 18.6. The van der Waals surface area contributed by atoms with Gasteiger partial charge in [-0.15, -0.1) is 0 Å². The van der Waals surface area contributed by atoms with Crippen molar-refractivity contribution in [3.05, 3.63) is 84.9 Å². The summed E-state index contributed by atoms with van der Waals surface area (Å²) >= 11 is 0. The number of rotatable bonds is 6. The molecule has 0 fully saturated rings. The van der Waals surface area contributed by atoms with E-state index in [2.05, 4.69) is 53.1 Å². The zero-order valence-electron chi connectivity index (χ0n) is 15.0. The van der Waals surface area contributed by atoms with E-state index in [1.807, 2.05) is 36.4 Å². The Morgan fingerprint density at radius 2 is 1.44 bits per heavy atom. The van der Waals surface area contributed by atoms with E-state index in [0.717, 1.165) is 16.8 Å². The number of fused-ring (bicyclic) bond motifs is 1. The van der Waals surface area contributed by atoms with Crippen LogP contribution in [0.1, 0.15) is 12.8 Å². The van der Waals surface area contributed by atoms with Crippen molar-refractivity contribution in [3.8, 4) is 22.4 Å². The summed E-state index contributed by atoms with van der Waals surface area (Å²) in [5.74, 6) is -0.751. The fraction of sp³-hybridized carbons (Fsp3) is 0.125. The first-order valence-electron chi connectivity index (χ1n) is 9.18. The van der Waals surface area contributed by atoms with Gasteiger partial charge in [0.2, 0.25) is 0 Å². The highest BCUT2D eigenvalue weighted by Crippen LogP contribution is 2.32. The van der Waals surface area contributed by atoms with E-state index >= 15 is 0 Å². The quantitative estimate of drug-likeness (QED) is 0.472. The van der Waals surface area contributed by atoms with E-state index in [1.54, 1.807) is 0 Å². The molecular weight excluding hydrogens is 334 g/mol. The minimum Gasteiger partial charge on any atom is -0.481 e. The zero-order valence-corrected chi connectivity index (χ0v) is 15.0. The molecule has 0 radical (unpaired) electrons. The van der Waals surface area contributed by atoms with Gasteiger partial charge in [-0.25, -0.2) is 0 Å². The lowest BCUT2D eigenvalue weighted by atomic mass is 10.0. The van der Waals surface area contributed by atoms with Crippen molar-refractivity contribution in [2.75, 3.05) is 0 Å². The molecule has 0 aliphatic carbocycles. The van der Waals surface area contributed by atoms with Crippen LogP contribution in [0, 0.1) is 0 Å². The first-order chi connectivity index (χ1) is 13.2. The summed E-state index contributed by atoms with van der Waals surface area (Å²) in [6.45, 7) is 0.685. The van der Waals surface area contributed by atoms with Crippen LogP contribution in [0.15, 0.2) is 84.9 Å². The molecule has 1 N–H and O–H groups in total. The Balaban J connectivity index is 1.80. The van der Waals surface area contributed by atoms with Gasteiger partial charge in [0.25, 0.3) is 0 Å². The molecule has 134 valence electrons. The Morgan fingerprint density at radius 3 is 2.11 bits per heavy atom. The van der Waals surface area contributed by atoms with Gasteiger partial charge >= 0.3 is 5.97 Å². The van der Waals surface area contributed by atoms with E-state index in [0.29, 0.717) is 13.0 Å². The van der Waals surface area contributed by atoms with E-state index < -0.39 is 5.97 Å². The fourth-order valence-electron chi connectivity index (χ4n) is 3.56. The van der Waals surface area contributed by atoms with Crippen LogP contribution in [0.25, 0.3) is 33.3 Å². The lowest BCUT2D eigenvalue weighted by molar-refractivity contribution is -0.137. The van der Waals surface area contributed by atoms with Crippen molar-refractivity contribution in [2.45, 2.75) is 19.4 Å². The second-order valence-corrected chi connectivity index (χ2v) is 6.68. The van der Waals surface area contributed by atoms with Crippen molar-refractivity contribution in [1.82, 2.24) is 4.57 Å². The van der Waals surface area contributed by atoms with Crippen LogP contribution in [0.2, 0.25) is 0 Å². The third kappa shape index (κ3) is 3.63. The fourth-order valence-corrected chi connectivity index (χ4v) is 3.56. The monoisotopic (exact) mass is 355 g/mol. The first-order valence-corrected chi connectivity index (χ1v) is 9.18. The molecule has 3 heteroatoms. The Labute approximate surface area is 158 Å². The second-order valence-electron chi connectivity index (χ2n) is 6.68. The second kappa shape index (κ2) is 7.50. The molecule has 1 heterocycles. The molecule has 4 aromatic rings. The van der Waals surface area contributed by atoms with E-state index in [1.165, 1.54) is 16.5 Å². The minimum atomic E-state index is -0.751. The summed E-state index contributed by atoms with van der Waals surface area (Å²) in [7, 11) is 0. The molecule has 3 aromatic carbocycles. The lowest BCUT2D eigenvalue weighted by Crippen LogP contribution is -2.03. The minimum absolute atomic E-state index is 0.177. The van der Waals surface area contributed by atoms with E-state index in [9.17, 15) is 4.79 Å². The molecule has 0 saturated carbocycles. The van der Waals surface area contributed by atoms with Gasteiger partial charge in [0.15, 0.2) is 0 Å². The maximum absolute atomic E-state index is 10.9. The number of hydrogen-bond donors (Lipinski definition) is 1. The number of hydrogen-bond acceptors (Lipinski definition) is 1. The van der Waals surface area contributed by atoms with Crippen LogP contribution in [-0.2, 0) is 11.3 Å². The number of carboxylic acid groups (broad SMARTS) is 1. The number of aryl methyl sites for hydroxylation is 1. The Hall–Kier alpha value is -3.33. The third-order valence-electron chi connectivity index (χ3n) is 4.85. The largest absolute Gasteiger partial charge is 0.481 e. The summed E-state index contributed by atoms with van der Waals surface area (Å²) in [5.41, 5.74) is 5.79. The molecule has 3 nitrogen and oxygen atoms in total. The molecule has 0 atom stereocenters. The number of carbonyl (C=O) groups is 1. The summed E-state index contributed by atoms with van der Waals surface area (Å²) in [4.78, 5) is 10.9. The van der Waals surface area contributed by atoms with Gasteiger partial charge in [0.1, 0.15) is 0 Å². The average molecular weight is 355 g/mol. The third-order valence-corrected chi connectivity index (χ3v) is 4.85. The molecule has 0 unspecified atom stereocenters. The Kier molecular flexibility index (Phi) is 4.75. The molecule has 1 aromatic heterocycles.